The number of rotatable bonds is 3. The Morgan fingerprint density at radius 1 is 1.07 bits per heavy atom. The van der Waals surface area contributed by atoms with Crippen LogP contribution < -0.4 is 0 Å². The highest BCUT2D eigenvalue weighted by Crippen LogP contribution is 2.20. The molecular weight excluding hydrogens is 184 g/mol. The first-order valence-corrected chi connectivity index (χ1v) is 5.46. The molecule has 0 heterocycles. The average molecular weight is 200 g/mol. The lowest BCUT2D eigenvalue weighted by Gasteiger charge is -2.10. The summed E-state index contributed by atoms with van der Waals surface area (Å²) in [6.07, 6.45) is 1.33. The van der Waals surface area contributed by atoms with Crippen LogP contribution in [0.1, 0.15) is 18.9 Å². The normalized spacial score (nSPS) is 12.9. The average Bonchev–Trinajstić information content (AvgIpc) is 2.29. The molecule has 0 amide bonds. The second-order valence-corrected chi connectivity index (χ2v) is 3.90. The third kappa shape index (κ3) is 2.18. The van der Waals surface area contributed by atoms with Crippen molar-refractivity contribution in [1.82, 2.24) is 0 Å². The summed E-state index contributed by atoms with van der Waals surface area (Å²) in [5, 5.41) is 12.2. The van der Waals surface area contributed by atoms with E-state index >= 15 is 0 Å². The van der Waals surface area contributed by atoms with E-state index in [1.807, 2.05) is 19.1 Å². The summed E-state index contributed by atoms with van der Waals surface area (Å²) in [5.41, 5.74) is 1.24. The molecule has 1 heteroatoms. The summed E-state index contributed by atoms with van der Waals surface area (Å²) in [6, 6.07) is 14.6. The van der Waals surface area contributed by atoms with Gasteiger partial charge in [0.25, 0.3) is 0 Å². The Morgan fingerprint density at radius 3 is 2.60 bits per heavy atom. The van der Waals surface area contributed by atoms with Crippen LogP contribution in [0.5, 0.6) is 0 Å². The van der Waals surface area contributed by atoms with E-state index in [0.29, 0.717) is 0 Å². The van der Waals surface area contributed by atoms with Crippen molar-refractivity contribution in [2.75, 3.05) is 0 Å². The third-order valence-corrected chi connectivity index (χ3v) is 2.81. The van der Waals surface area contributed by atoms with E-state index in [1.54, 1.807) is 0 Å². The Hall–Kier alpha value is -1.34. The Balaban J connectivity index is 2.42. The van der Waals surface area contributed by atoms with Crippen LogP contribution in [0.15, 0.2) is 42.5 Å². The van der Waals surface area contributed by atoms with Gasteiger partial charge in [0.2, 0.25) is 0 Å². The van der Waals surface area contributed by atoms with E-state index < -0.39 is 0 Å². The van der Waals surface area contributed by atoms with Gasteiger partial charge in [-0.1, -0.05) is 49.4 Å². The summed E-state index contributed by atoms with van der Waals surface area (Å²) in [5.74, 6) is 0. The molecule has 0 aromatic heterocycles. The van der Waals surface area contributed by atoms with E-state index in [-0.39, 0.29) is 6.10 Å². The standard InChI is InChI=1S/C14H16O/c1-2-13(15)10-12-8-5-7-11-6-3-4-9-14(11)12/h3-9,13,15H,2,10H2,1H3/t13-/m1/s1. The van der Waals surface area contributed by atoms with E-state index in [4.69, 9.17) is 0 Å². The zero-order chi connectivity index (χ0) is 10.7. The third-order valence-electron chi connectivity index (χ3n) is 2.81. The van der Waals surface area contributed by atoms with Crippen molar-refractivity contribution >= 4 is 10.8 Å². The van der Waals surface area contributed by atoms with Gasteiger partial charge in [0.15, 0.2) is 0 Å². The number of aliphatic hydroxyl groups excluding tert-OH is 1. The van der Waals surface area contributed by atoms with E-state index in [2.05, 4.69) is 30.3 Å². The molecule has 0 radical (unpaired) electrons. The van der Waals surface area contributed by atoms with Crippen LogP contribution in [0, 0.1) is 0 Å². The van der Waals surface area contributed by atoms with Crippen molar-refractivity contribution < 1.29 is 5.11 Å². The van der Waals surface area contributed by atoms with Gasteiger partial charge in [-0.05, 0) is 29.2 Å². The SMILES string of the molecule is CC[C@@H](O)Cc1cccc2ccccc12. The van der Waals surface area contributed by atoms with Gasteiger partial charge in [-0.3, -0.25) is 0 Å². The van der Waals surface area contributed by atoms with Crippen molar-refractivity contribution in [2.24, 2.45) is 0 Å². The lowest BCUT2D eigenvalue weighted by atomic mass is 9.99. The second kappa shape index (κ2) is 4.45. The van der Waals surface area contributed by atoms with Crippen molar-refractivity contribution in [2.45, 2.75) is 25.9 Å². The van der Waals surface area contributed by atoms with Crippen LogP contribution >= 0.6 is 0 Å². The zero-order valence-electron chi connectivity index (χ0n) is 8.98. The smallest absolute Gasteiger partial charge is 0.0578 e. The minimum absolute atomic E-state index is 0.226. The summed E-state index contributed by atoms with van der Waals surface area (Å²) in [7, 11) is 0. The first-order chi connectivity index (χ1) is 7.31. The highest BCUT2D eigenvalue weighted by molar-refractivity contribution is 5.85. The summed E-state index contributed by atoms with van der Waals surface area (Å²) in [6.45, 7) is 2.01. The molecule has 0 bridgehead atoms. The zero-order valence-corrected chi connectivity index (χ0v) is 8.98. The molecule has 0 unspecified atom stereocenters. The number of hydrogen-bond acceptors (Lipinski definition) is 1. The predicted octanol–water partition coefficient (Wildman–Crippen LogP) is 3.15. The van der Waals surface area contributed by atoms with Crippen LogP contribution in [-0.2, 0) is 6.42 Å². The molecule has 0 aliphatic carbocycles. The molecule has 0 saturated heterocycles. The molecule has 1 N–H and O–H groups in total. The molecule has 78 valence electrons. The van der Waals surface area contributed by atoms with Gasteiger partial charge in [-0.25, -0.2) is 0 Å². The fourth-order valence-corrected chi connectivity index (χ4v) is 1.87. The Bertz CT molecular complexity index is 443. The van der Waals surface area contributed by atoms with Gasteiger partial charge in [0, 0.05) is 0 Å². The minimum atomic E-state index is -0.226. The van der Waals surface area contributed by atoms with Crippen molar-refractivity contribution in [1.29, 1.82) is 0 Å². The molecular formula is C14H16O. The van der Waals surface area contributed by atoms with Gasteiger partial charge < -0.3 is 5.11 Å². The minimum Gasteiger partial charge on any atom is -0.393 e. The summed E-state index contributed by atoms with van der Waals surface area (Å²) < 4.78 is 0. The van der Waals surface area contributed by atoms with Gasteiger partial charge >= 0.3 is 0 Å². The maximum atomic E-state index is 9.67. The lowest BCUT2D eigenvalue weighted by molar-refractivity contribution is 0.171. The quantitative estimate of drug-likeness (QED) is 0.807. The van der Waals surface area contributed by atoms with Crippen molar-refractivity contribution in [3.63, 3.8) is 0 Å². The van der Waals surface area contributed by atoms with Crippen molar-refractivity contribution in [3.8, 4) is 0 Å². The Kier molecular flexibility index (Phi) is 3.02. The van der Waals surface area contributed by atoms with E-state index in [1.165, 1.54) is 16.3 Å². The lowest BCUT2D eigenvalue weighted by Crippen LogP contribution is -2.08. The van der Waals surface area contributed by atoms with Gasteiger partial charge in [0.1, 0.15) is 0 Å². The highest BCUT2D eigenvalue weighted by Gasteiger charge is 2.05. The largest absolute Gasteiger partial charge is 0.393 e. The molecule has 2 rings (SSSR count). The highest BCUT2D eigenvalue weighted by atomic mass is 16.3. The molecule has 0 aliphatic heterocycles. The number of hydrogen-bond donors (Lipinski definition) is 1. The molecule has 2 aromatic carbocycles. The van der Waals surface area contributed by atoms with Gasteiger partial charge in [-0.2, -0.15) is 0 Å². The monoisotopic (exact) mass is 200 g/mol. The van der Waals surface area contributed by atoms with E-state index in [0.717, 1.165) is 12.8 Å². The number of fused-ring (bicyclic) bond motifs is 1. The summed E-state index contributed by atoms with van der Waals surface area (Å²) >= 11 is 0. The molecule has 0 fully saturated rings. The first-order valence-electron chi connectivity index (χ1n) is 5.46. The van der Waals surface area contributed by atoms with Crippen LogP contribution in [-0.4, -0.2) is 11.2 Å². The summed E-state index contributed by atoms with van der Waals surface area (Å²) in [4.78, 5) is 0. The topological polar surface area (TPSA) is 20.2 Å². The molecule has 2 aromatic rings. The second-order valence-electron chi connectivity index (χ2n) is 3.90. The molecule has 15 heavy (non-hydrogen) atoms. The maximum absolute atomic E-state index is 9.67. The van der Waals surface area contributed by atoms with Crippen LogP contribution in [0.3, 0.4) is 0 Å². The predicted molar refractivity (Wildman–Crippen MR) is 63.9 cm³/mol. The van der Waals surface area contributed by atoms with Gasteiger partial charge in [-0.15, -0.1) is 0 Å². The van der Waals surface area contributed by atoms with E-state index in [9.17, 15) is 5.11 Å². The molecule has 0 aliphatic rings. The van der Waals surface area contributed by atoms with Crippen LogP contribution in [0.25, 0.3) is 10.8 Å². The van der Waals surface area contributed by atoms with Crippen LogP contribution in [0.4, 0.5) is 0 Å². The number of aliphatic hydroxyl groups is 1. The molecule has 0 saturated carbocycles. The van der Waals surface area contributed by atoms with Gasteiger partial charge in [0.05, 0.1) is 6.10 Å². The molecule has 0 spiro atoms. The number of benzene rings is 2. The Morgan fingerprint density at radius 2 is 1.80 bits per heavy atom. The van der Waals surface area contributed by atoms with Crippen LogP contribution in [0.2, 0.25) is 0 Å². The van der Waals surface area contributed by atoms with Crippen molar-refractivity contribution in [3.05, 3.63) is 48.0 Å². The fraction of sp³-hybridized carbons (Fsp3) is 0.286. The fourth-order valence-electron chi connectivity index (χ4n) is 1.87. The Labute approximate surface area is 90.4 Å². The maximum Gasteiger partial charge on any atom is 0.0578 e. The molecule has 1 atom stereocenters. The molecule has 1 nitrogen and oxygen atoms in total. The first kappa shape index (κ1) is 10.2.